The maximum atomic E-state index is 12.2. The third-order valence-corrected chi connectivity index (χ3v) is 3.05. The minimum atomic E-state index is -0.261. The maximum Gasteiger partial charge on any atom is 0.277 e. The second kappa shape index (κ2) is 5.83. The molecule has 2 aromatic rings. The molecule has 6 heteroatoms. The van der Waals surface area contributed by atoms with Gasteiger partial charge in [0.1, 0.15) is 0 Å². The second-order valence-electron chi connectivity index (χ2n) is 4.88. The fraction of sp³-hybridized carbons (Fsp3) is 0.357. The van der Waals surface area contributed by atoms with E-state index < -0.39 is 0 Å². The summed E-state index contributed by atoms with van der Waals surface area (Å²) in [6.07, 6.45) is 1.60. The maximum absolute atomic E-state index is 12.2. The highest BCUT2D eigenvalue weighted by Crippen LogP contribution is 2.22. The zero-order valence-electron chi connectivity index (χ0n) is 12.0. The Kier molecular flexibility index (Phi) is 4.14. The molecule has 0 fully saturated rings. The highest BCUT2D eigenvalue weighted by atomic mass is 16.2. The predicted octanol–water partition coefficient (Wildman–Crippen LogP) is 1.41. The first-order chi connectivity index (χ1) is 9.51. The van der Waals surface area contributed by atoms with Gasteiger partial charge < -0.3 is 11.1 Å². The van der Waals surface area contributed by atoms with Gasteiger partial charge in [-0.25, -0.2) is 0 Å². The number of anilines is 1. The van der Waals surface area contributed by atoms with Crippen LogP contribution in [0.15, 0.2) is 18.3 Å². The molecule has 0 atom stereocenters. The molecule has 106 valence electrons. The molecule has 20 heavy (non-hydrogen) atoms. The van der Waals surface area contributed by atoms with Gasteiger partial charge in [0.2, 0.25) is 0 Å². The van der Waals surface area contributed by atoms with Crippen molar-refractivity contribution in [2.75, 3.05) is 11.9 Å². The molecule has 6 nitrogen and oxygen atoms in total. The van der Waals surface area contributed by atoms with Crippen molar-refractivity contribution < 1.29 is 4.79 Å². The molecule has 2 rings (SSSR count). The Labute approximate surface area is 118 Å². The number of amides is 1. The van der Waals surface area contributed by atoms with Gasteiger partial charge in [-0.2, -0.15) is 0 Å². The molecule has 1 aromatic heterocycles. The van der Waals surface area contributed by atoms with Crippen LogP contribution in [0.5, 0.6) is 0 Å². The number of nitrogens with two attached hydrogens (primary N) is 1. The first-order valence-electron chi connectivity index (χ1n) is 6.50. The fourth-order valence-corrected chi connectivity index (χ4v) is 2.20. The van der Waals surface area contributed by atoms with Crippen molar-refractivity contribution >= 4 is 11.6 Å². The molecule has 0 saturated carbocycles. The second-order valence-corrected chi connectivity index (χ2v) is 4.88. The average Bonchev–Trinajstić information content (AvgIpc) is 2.82. The molecule has 0 bridgehead atoms. The minimum absolute atomic E-state index is 0.261. The van der Waals surface area contributed by atoms with Gasteiger partial charge in [-0.3, -0.25) is 9.48 Å². The molecule has 3 N–H and O–H groups in total. The number of aryl methyl sites for hydroxylation is 3. The van der Waals surface area contributed by atoms with Crippen molar-refractivity contribution in [2.45, 2.75) is 27.3 Å². The summed E-state index contributed by atoms with van der Waals surface area (Å²) in [6.45, 7) is 6.98. The number of nitrogens with zero attached hydrogens (tertiary/aromatic N) is 3. The summed E-state index contributed by atoms with van der Waals surface area (Å²) in [6, 6.07) is 4.07. The summed E-state index contributed by atoms with van der Waals surface area (Å²) in [5.41, 5.74) is 9.79. The van der Waals surface area contributed by atoms with Gasteiger partial charge in [-0.15, -0.1) is 5.10 Å². The van der Waals surface area contributed by atoms with E-state index in [1.54, 1.807) is 10.9 Å². The topological polar surface area (TPSA) is 85.8 Å². The zero-order valence-corrected chi connectivity index (χ0v) is 12.0. The summed E-state index contributed by atoms with van der Waals surface area (Å²) >= 11 is 0. The van der Waals surface area contributed by atoms with E-state index >= 15 is 0 Å². The number of carbonyl (C=O) groups is 1. The van der Waals surface area contributed by atoms with Gasteiger partial charge in [-0.1, -0.05) is 22.9 Å². The molecule has 0 radical (unpaired) electrons. The summed E-state index contributed by atoms with van der Waals surface area (Å²) in [7, 11) is 0. The van der Waals surface area contributed by atoms with E-state index in [-0.39, 0.29) is 11.6 Å². The Morgan fingerprint density at radius 2 is 1.95 bits per heavy atom. The lowest BCUT2D eigenvalue weighted by atomic mass is 10.1. The van der Waals surface area contributed by atoms with Gasteiger partial charge in [0, 0.05) is 12.2 Å². The van der Waals surface area contributed by atoms with Crippen LogP contribution in [-0.4, -0.2) is 27.4 Å². The summed E-state index contributed by atoms with van der Waals surface area (Å²) < 4.78 is 1.56. The molecular weight excluding hydrogens is 254 g/mol. The van der Waals surface area contributed by atoms with Crippen LogP contribution in [-0.2, 0) is 6.54 Å². The standard InChI is InChI=1S/C14H19N5O/c1-9-6-10(2)13(11(3)7-9)16-14(20)12-8-19(5-4-15)18-17-12/h6-8H,4-5,15H2,1-3H3,(H,16,20). The van der Waals surface area contributed by atoms with Crippen LogP contribution in [0.1, 0.15) is 27.2 Å². The molecule has 0 saturated heterocycles. The number of hydrogen-bond donors (Lipinski definition) is 2. The quantitative estimate of drug-likeness (QED) is 0.882. The van der Waals surface area contributed by atoms with E-state index in [1.807, 2.05) is 32.9 Å². The Morgan fingerprint density at radius 3 is 2.55 bits per heavy atom. The van der Waals surface area contributed by atoms with Gasteiger partial charge in [-0.05, 0) is 31.9 Å². The van der Waals surface area contributed by atoms with E-state index in [1.165, 1.54) is 5.56 Å². The third kappa shape index (κ3) is 3.03. The lowest BCUT2D eigenvalue weighted by molar-refractivity contribution is 0.102. The van der Waals surface area contributed by atoms with E-state index in [9.17, 15) is 4.79 Å². The molecule has 1 amide bonds. The largest absolute Gasteiger partial charge is 0.329 e. The Bertz CT molecular complexity index is 609. The first kappa shape index (κ1) is 14.2. The van der Waals surface area contributed by atoms with Gasteiger partial charge in [0.15, 0.2) is 5.69 Å². The average molecular weight is 273 g/mol. The normalized spacial score (nSPS) is 10.6. The van der Waals surface area contributed by atoms with Crippen LogP contribution >= 0.6 is 0 Å². The number of hydrogen-bond acceptors (Lipinski definition) is 4. The van der Waals surface area contributed by atoms with E-state index in [0.29, 0.717) is 13.1 Å². The molecule has 0 unspecified atom stereocenters. The van der Waals surface area contributed by atoms with Crippen LogP contribution in [0, 0.1) is 20.8 Å². The lowest BCUT2D eigenvalue weighted by Crippen LogP contribution is -2.14. The third-order valence-electron chi connectivity index (χ3n) is 3.05. The van der Waals surface area contributed by atoms with E-state index in [0.717, 1.165) is 16.8 Å². The van der Waals surface area contributed by atoms with E-state index in [4.69, 9.17) is 5.73 Å². The van der Waals surface area contributed by atoms with Crippen LogP contribution in [0.4, 0.5) is 5.69 Å². The van der Waals surface area contributed by atoms with Crippen molar-refractivity contribution in [1.29, 1.82) is 0 Å². The number of nitrogens with one attached hydrogen (secondary N) is 1. The zero-order chi connectivity index (χ0) is 14.7. The number of aromatic nitrogens is 3. The van der Waals surface area contributed by atoms with Gasteiger partial charge in [0.05, 0.1) is 12.7 Å². The Morgan fingerprint density at radius 1 is 1.30 bits per heavy atom. The monoisotopic (exact) mass is 273 g/mol. The molecular formula is C14H19N5O. The van der Waals surface area contributed by atoms with Gasteiger partial charge in [0.25, 0.3) is 5.91 Å². The first-order valence-corrected chi connectivity index (χ1v) is 6.50. The number of rotatable bonds is 4. The number of benzene rings is 1. The van der Waals surface area contributed by atoms with Crippen LogP contribution in [0.25, 0.3) is 0 Å². The van der Waals surface area contributed by atoms with Crippen molar-refractivity contribution in [3.63, 3.8) is 0 Å². The summed E-state index contributed by atoms with van der Waals surface area (Å²) in [4.78, 5) is 12.2. The molecule has 0 aliphatic heterocycles. The lowest BCUT2D eigenvalue weighted by Gasteiger charge is -2.11. The highest BCUT2D eigenvalue weighted by molar-refractivity contribution is 6.03. The van der Waals surface area contributed by atoms with Crippen molar-refractivity contribution in [1.82, 2.24) is 15.0 Å². The number of carbonyl (C=O) groups excluding carboxylic acids is 1. The Hall–Kier alpha value is -2.21. The molecule has 0 spiro atoms. The van der Waals surface area contributed by atoms with E-state index in [2.05, 4.69) is 15.6 Å². The van der Waals surface area contributed by atoms with Crippen molar-refractivity contribution in [2.24, 2.45) is 5.73 Å². The predicted molar refractivity (Wildman–Crippen MR) is 77.7 cm³/mol. The van der Waals surface area contributed by atoms with Crippen molar-refractivity contribution in [3.8, 4) is 0 Å². The minimum Gasteiger partial charge on any atom is -0.329 e. The summed E-state index contributed by atoms with van der Waals surface area (Å²) in [5.74, 6) is -0.261. The molecule has 1 heterocycles. The Balaban J connectivity index is 2.19. The highest BCUT2D eigenvalue weighted by Gasteiger charge is 2.13. The van der Waals surface area contributed by atoms with Crippen LogP contribution in [0.3, 0.4) is 0 Å². The van der Waals surface area contributed by atoms with Crippen molar-refractivity contribution in [3.05, 3.63) is 40.7 Å². The SMILES string of the molecule is Cc1cc(C)c(NC(=O)c2cn(CCN)nn2)c(C)c1. The summed E-state index contributed by atoms with van der Waals surface area (Å²) in [5, 5.41) is 10.6. The fourth-order valence-electron chi connectivity index (χ4n) is 2.20. The smallest absolute Gasteiger partial charge is 0.277 e. The van der Waals surface area contributed by atoms with Gasteiger partial charge >= 0.3 is 0 Å². The molecule has 0 aliphatic carbocycles. The van der Waals surface area contributed by atoms with Crippen LogP contribution in [0.2, 0.25) is 0 Å². The molecule has 1 aromatic carbocycles. The van der Waals surface area contributed by atoms with Crippen LogP contribution < -0.4 is 11.1 Å². The molecule has 0 aliphatic rings.